The van der Waals surface area contributed by atoms with Crippen LogP contribution in [-0.2, 0) is 19.2 Å². The summed E-state index contributed by atoms with van der Waals surface area (Å²) >= 11 is 1.98. The van der Waals surface area contributed by atoms with Gasteiger partial charge in [0.05, 0.1) is 24.4 Å². The van der Waals surface area contributed by atoms with Crippen LogP contribution in [0.5, 0.6) is 0 Å². The van der Waals surface area contributed by atoms with Crippen molar-refractivity contribution in [3.05, 3.63) is 0 Å². The first-order valence-electron chi connectivity index (χ1n) is 23.0. The maximum atomic E-state index is 13.0. The van der Waals surface area contributed by atoms with Gasteiger partial charge in [0, 0.05) is 63.6 Å². The van der Waals surface area contributed by atoms with E-state index in [0.717, 1.165) is 126 Å². The molecule has 1 heterocycles. The predicted molar refractivity (Wildman–Crippen MR) is 240 cm³/mol. The highest BCUT2D eigenvalue weighted by molar-refractivity contribution is 8.13. The highest BCUT2D eigenvalue weighted by Crippen LogP contribution is 2.17. The van der Waals surface area contributed by atoms with E-state index < -0.39 is 48.3 Å². The third-order valence-corrected chi connectivity index (χ3v) is 12.8. The topological polar surface area (TPSA) is 180 Å². The molecule has 0 radical (unpaired) electrons. The van der Waals surface area contributed by atoms with E-state index in [4.69, 9.17) is 0 Å². The Hall–Kier alpha value is -1.26. The molecular weight excluding hydrogens is 777 g/mol. The number of aliphatic hydroxyl groups is 4. The Morgan fingerprint density at radius 2 is 0.776 bits per heavy atom. The number of aliphatic hydroxyl groups excluding tert-OH is 4. The van der Waals surface area contributed by atoms with Crippen LogP contribution in [0.3, 0.4) is 0 Å². The first-order valence-corrected chi connectivity index (χ1v) is 25.0. The second kappa shape index (κ2) is 35.3. The highest BCUT2D eigenvalue weighted by atomic mass is 32.2. The van der Waals surface area contributed by atoms with Crippen molar-refractivity contribution in [3.63, 3.8) is 0 Å². The molecule has 1 saturated heterocycles. The predicted octanol–water partition coefficient (Wildman–Crippen LogP) is 6.20. The lowest BCUT2D eigenvalue weighted by Gasteiger charge is -2.29. The second-order valence-electron chi connectivity index (χ2n) is 16.5. The van der Waals surface area contributed by atoms with Crippen LogP contribution in [0.15, 0.2) is 0 Å². The van der Waals surface area contributed by atoms with Crippen molar-refractivity contribution in [1.82, 2.24) is 20.4 Å². The zero-order valence-corrected chi connectivity index (χ0v) is 38.4. The summed E-state index contributed by atoms with van der Waals surface area (Å²) in [4.78, 5) is 55.7. The van der Waals surface area contributed by atoms with E-state index in [-0.39, 0.29) is 34.6 Å². The average Bonchev–Trinajstić information content (AvgIpc) is 3.19. The van der Waals surface area contributed by atoms with Gasteiger partial charge in [-0.2, -0.15) is 0 Å². The number of carbonyl (C=O) groups is 4. The molecule has 2 amide bonds. The van der Waals surface area contributed by atoms with Crippen molar-refractivity contribution in [3.8, 4) is 0 Å². The Morgan fingerprint density at radius 1 is 0.500 bits per heavy atom. The number of amides is 2. The van der Waals surface area contributed by atoms with Gasteiger partial charge in [0.2, 0.25) is 11.8 Å². The highest BCUT2D eigenvalue weighted by Gasteiger charge is 2.34. The molecule has 0 aromatic carbocycles. The van der Waals surface area contributed by atoms with Crippen LogP contribution < -0.4 is 10.6 Å². The molecule has 14 heteroatoms. The number of piperazine rings is 1. The molecule has 6 atom stereocenters. The van der Waals surface area contributed by atoms with Gasteiger partial charge >= 0.3 is 0 Å². The molecule has 340 valence electrons. The summed E-state index contributed by atoms with van der Waals surface area (Å²) in [6.45, 7) is 10.9. The number of rotatable bonds is 38. The van der Waals surface area contributed by atoms with E-state index in [0.29, 0.717) is 65.0 Å². The quantitative estimate of drug-likeness (QED) is 0.0388. The molecule has 0 saturated carbocycles. The number of unbranched alkanes of at least 4 members (excludes halogenated alkanes) is 12. The number of hydrogen-bond donors (Lipinski definition) is 6. The summed E-state index contributed by atoms with van der Waals surface area (Å²) in [6, 6.07) is -1.75. The van der Waals surface area contributed by atoms with E-state index in [2.05, 4.69) is 38.3 Å². The maximum absolute atomic E-state index is 13.0. The fourth-order valence-electron chi connectivity index (χ4n) is 7.20. The van der Waals surface area contributed by atoms with Gasteiger partial charge in [-0.05, 0) is 25.7 Å². The minimum atomic E-state index is -0.875. The van der Waals surface area contributed by atoms with Gasteiger partial charge < -0.3 is 31.1 Å². The molecule has 0 spiro atoms. The van der Waals surface area contributed by atoms with Crippen molar-refractivity contribution in [2.75, 3.05) is 50.8 Å². The normalized spacial score (nSPS) is 18.0. The van der Waals surface area contributed by atoms with Gasteiger partial charge in [-0.25, -0.2) is 0 Å². The van der Waals surface area contributed by atoms with Gasteiger partial charge in [-0.15, -0.1) is 0 Å². The van der Waals surface area contributed by atoms with Gasteiger partial charge in [-0.3, -0.25) is 29.0 Å². The number of thioether (sulfide) groups is 2. The summed E-state index contributed by atoms with van der Waals surface area (Å²) in [5.74, 6) is -0.631. The van der Waals surface area contributed by atoms with Crippen molar-refractivity contribution in [2.24, 2.45) is 0 Å². The van der Waals surface area contributed by atoms with Crippen LogP contribution in [0.1, 0.15) is 169 Å². The minimum absolute atomic E-state index is 0.0834. The smallest absolute Gasteiger partial charge is 0.244 e. The Kier molecular flexibility index (Phi) is 33.4. The standard InChI is InChI=1S/C44H84N4O8S2/c1-5-9-13-17-21-35(49)29-47(30-36(50)22-18-14-10-6-2)27-25-41(53)57-33-39-43(55)46-40(44(56)45-39)34-58-42(54)26-28-48(31-37(51)23-19-15-11-7-3)32-38(52)24-20-16-12-8-4/h35-40,49-52H,5-34H2,1-4H3,(H,45,56)(H,46,55). The van der Waals surface area contributed by atoms with E-state index in [1.165, 1.54) is 0 Å². The number of nitrogens with zero attached hydrogens (tertiary/aromatic N) is 2. The largest absolute Gasteiger partial charge is 0.392 e. The lowest BCUT2D eigenvalue weighted by Crippen LogP contribution is -2.63. The number of hydrogen-bond acceptors (Lipinski definition) is 12. The molecule has 12 nitrogen and oxygen atoms in total. The van der Waals surface area contributed by atoms with Crippen molar-refractivity contribution >= 4 is 45.6 Å². The van der Waals surface area contributed by atoms with Crippen LogP contribution in [0.25, 0.3) is 0 Å². The fraction of sp³-hybridized carbons (Fsp3) is 0.909. The van der Waals surface area contributed by atoms with Gasteiger partial charge in [-0.1, -0.05) is 154 Å². The van der Waals surface area contributed by atoms with Crippen LogP contribution in [-0.4, -0.2) is 140 Å². The molecule has 6 unspecified atom stereocenters. The van der Waals surface area contributed by atoms with E-state index in [1.54, 1.807) is 0 Å². The van der Waals surface area contributed by atoms with Crippen molar-refractivity contribution < 1.29 is 39.6 Å². The molecule has 1 aliphatic heterocycles. The van der Waals surface area contributed by atoms with Gasteiger partial charge in [0.15, 0.2) is 10.2 Å². The molecule has 0 aromatic heterocycles. The summed E-state index contributed by atoms with van der Waals surface area (Å²) < 4.78 is 0. The summed E-state index contributed by atoms with van der Waals surface area (Å²) in [7, 11) is 0. The zero-order valence-electron chi connectivity index (χ0n) is 36.8. The Labute approximate surface area is 360 Å². The SMILES string of the molecule is CCCCCCC(O)CN(CCC(=O)SCC1NC(=O)C(CSC(=O)CCN(CC(O)CCCCCC)CC(O)CCCCCC)NC1=O)CC(O)CCCCCC. The monoisotopic (exact) mass is 861 g/mol. The fourth-order valence-corrected chi connectivity index (χ4v) is 8.85. The molecule has 0 aliphatic carbocycles. The zero-order chi connectivity index (χ0) is 43.0. The first-order chi connectivity index (χ1) is 27.9. The number of nitrogens with one attached hydrogen (secondary N) is 2. The molecule has 1 aliphatic rings. The summed E-state index contributed by atoms with van der Waals surface area (Å²) in [5.41, 5.74) is 0. The van der Waals surface area contributed by atoms with E-state index >= 15 is 0 Å². The summed E-state index contributed by atoms with van der Waals surface area (Å²) in [5, 5.41) is 48.0. The van der Waals surface area contributed by atoms with E-state index in [9.17, 15) is 39.6 Å². The molecule has 6 N–H and O–H groups in total. The molecule has 0 aromatic rings. The summed E-state index contributed by atoms with van der Waals surface area (Å²) in [6.07, 6.45) is 18.1. The molecule has 0 bridgehead atoms. The molecule has 58 heavy (non-hydrogen) atoms. The van der Waals surface area contributed by atoms with Crippen LogP contribution in [0.2, 0.25) is 0 Å². The number of carbonyl (C=O) groups excluding carboxylic acids is 4. The Balaban J connectivity index is 2.59. The Bertz CT molecular complexity index is 970. The van der Waals surface area contributed by atoms with Crippen molar-refractivity contribution in [1.29, 1.82) is 0 Å². The van der Waals surface area contributed by atoms with Crippen LogP contribution >= 0.6 is 23.5 Å². The van der Waals surface area contributed by atoms with Gasteiger partial charge in [0.1, 0.15) is 12.1 Å². The molecule has 1 rings (SSSR count). The average molecular weight is 861 g/mol. The van der Waals surface area contributed by atoms with Crippen LogP contribution in [0.4, 0.5) is 0 Å². The third-order valence-electron chi connectivity index (χ3n) is 10.8. The lowest BCUT2D eigenvalue weighted by atomic mass is 10.1. The molecule has 1 fully saturated rings. The van der Waals surface area contributed by atoms with E-state index in [1.807, 2.05) is 9.80 Å². The van der Waals surface area contributed by atoms with Crippen LogP contribution in [0, 0.1) is 0 Å². The van der Waals surface area contributed by atoms with Gasteiger partial charge in [0.25, 0.3) is 0 Å². The Morgan fingerprint density at radius 3 is 1.03 bits per heavy atom. The molecular formula is C44H84N4O8S2. The minimum Gasteiger partial charge on any atom is -0.392 e. The third kappa shape index (κ3) is 28.3. The van der Waals surface area contributed by atoms with Crippen molar-refractivity contribution in [2.45, 2.75) is 205 Å². The second-order valence-corrected chi connectivity index (χ2v) is 18.7. The first kappa shape index (κ1) is 54.8. The maximum Gasteiger partial charge on any atom is 0.244 e. The lowest BCUT2D eigenvalue weighted by molar-refractivity contribution is -0.135.